The second-order valence-electron chi connectivity index (χ2n) is 6.17. The minimum absolute atomic E-state index is 0.00510. The second-order valence-corrected chi connectivity index (χ2v) is 7.85. The molecule has 1 aromatic carbocycles. The predicted octanol–water partition coefficient (Wildman–Crippen LogP) is 1.80. The summed E-state index contributed by atoms with van der Waals surface area (Å²) < 4.78 is 35.9. The molecule has 1 aliphatic heterocycles. The zero-order valence-corrected chi connectivity index (χ0v) is 15.0. The molecule has 1 fully saturated rings. The third-order valence-electron chi connectivity index (χ3n) is 4.32. The zero-order chi connectivity index (χ0) is 18.0. The predicted molar refractivity (Wildman–Crippen MR) is 91.1 cm³/mol. The molecular weight excluding hydrogens is 340 g/mol. The number of nitriles is 1. The van der Waals surface area contributed by atoms with Gasteiger partial charge in [0, 0.05) is 25.4 Å². The van der Waals surface area contributed by atoms with Gasteiger partial charge in [-0.05, 0) is 31.4 Å². The van der Waals surface area contributed by atoms with Crippen LogP contribution in [0.3, 0.4) is 0 Å². The maximum Gasteiger partial charge on any atom is 0.242 e. The topological polar surface area (TPSA) is 97.0 Å². The fraction of sp³-hybridized carbons (Fsp3) is 0.412. The second kappa shape index (κ2) is 6.96. The van der Waals surface area contributed by atoms with Crippen LogP contribution in [0, 0.1) is 18.3 Å². The Morgan fingerprint density at radius 2 is 2.24 bits per heavy atom. The van der Waals surface area contributed by atoms with Gasteiger partial charge in [0.25, 0.3) is 0 Å². The van der Waals surface area contributed by atoms with E-state index >= 15 is 0 Å². The van der Waals surface area contributed by atoms with Crippen molar-refractivity contribution < 1.29 is 13.2 Å². The molecule has 0 radical (unpaired) electrons. The minimum Gasteiger partial charge on any atom is -0.372 e. The van der Waals surface area contributed by atoms with Crippen molar-refractivity contribution in [1.29, 1.82) is 5.26 Å². The van der Waals surface area contributed by atoms with Gasteiger partial charge in [-0.1, -0.05) is 12.1 Å². The minimum atomic E-state index is -3.84. The van der Waals surface area contributed by atoms with E-state index in [1.807, 2.05) is 12.3 Å². The van der Waals surface area contributed by atoms with Crippen LogP contribution in [0.15, 0.2) is 35.5 Å². The van der Waals surface area contributed by atoms with Gasteiger partial charge in [0.1, 0.15) is 17.1 Å². The molecule has 1 saturated heterocycles. The Labute approximate surface area is 147 Å². The Balaban J connectivity index is 1.91. The fourth-order valence-corrected chi connectivity index (χ4v) is 4.59. The molecule has 8 heteroatoms. The normalized spacial score (nSPS) is 21.0. The first-order valence-electron chi connectivity index (χ1n) is 8.04. The quantitative estimate of drug-likeness (QED) is 0.897. The molecule has 7 nitrogen and oxygen atoms in total. The Hall–Kier alpha value is -2.21. The number of ether oxygens (including phenoxy) is 1. The lowest BCUT2D eigenvalue weighted by molar-refractivity contribution is -0.00446. The number of aromatic nitrogens is 2. The SMILES string of the molecule is Cc1cccc(S(=O)(=O)N[C@H]2CCCO[C@@H]2c2cnn(C)c2)c1C#N. The van der Waals surface area contributed by atoms with Crippen LogP contribution in [0.25, 0.3) is 0 Å². The van der Waals surface area contributed by atoms with Crippen LogP contribution >= 0.6 is 0 Å². The van der Waals surface area contributed by atoms with Crippen molar-refractivity contribution in [1.82, 2.24) is 14.5 Å². The molecule has 0 saturated carbocycles. The molecule has 132 valence electrons. The van der Waals surface area contributed by atoms with Gasteiger partial charge in [-0.15, -0.1) is 0 Å². The molecule has 0 spiro atoms. The molecule has 2 heterocycles. The average molecular weight is 360 g/mol. The number of nitrogens with zero attached hydrogens (tertiary/aromatic N) is 3. The van der Waals surface area contributed by atoms with E-state index in [1.165, 1.54) is 6.07 Å². The lowest BCUT2D eigenvalue weighted by Crippen LogP contribution is -2.42. The van der Waals surface area contributed by atoms with E-state index in [9.17, 15) is 13.7 Å². The fourth-order valence-electron chi connectivity index (χ4n) is 3.09. The van der Waals surface area contributed by atoms with E-state index in [0.29, 0.717) is 18.6 Å². The number of rotatable bonds is 4. The summed E-state index contributed by atoms with van der Waals surface area (Å²) in [6.07, 6.45) is 4.54. The van der Waals surface area contributed by atoms with Gasteiger partial charge in [-0.25, -0.2) is 13.1 Å². The van der Waals surface area contributed by atoms with Gasteiger partial charge in [0.2, 0.25) is 10.0 Å². The highest BCUT2D eigenvalue weighted by Crippen LogP contribution is 2.30. The van der Waals surface area contributed by atoms with Gasteiger partial charge in [-0.3, -0.25) is 4.68 Å². The Bertz CT molecular complexity index is 914. The van der Waals surface area contributed by atoms with Crippen LogP contribution in [0.4, 0.5) is 0 Å². The van der Waals surface area contributed by atoms with Crippen molar-refractivity contribution in [3.05, 3.63) is 47.3 Å². The first kappa shape index (κ1) is 17.6. The van der Waals surface area contributed by atoms with Gasteiger partial charge in [0.05, 0.1) is 17.8 Å². The summed E-state index contributed by atoms with van der Waals surface area (Å²) in [5.41, 5.74) is 1.64. The van der Waals surface area contributed by atoms with Crippen LogP contribution in [0.5, 0.6) is 0 Å². The summed E-state index contributed by atoms with van der Waals surface area (Å²) in [6.45, 7) is 2.30. The number of sulfonamides is 1. The molecular formula is C17H20N4O3S. The number of aryl methyl sites for hydroxylation is 2. The molecule has 0 unspecified atom stereocenters. The van der Waals surface area contributed by atoms with Crippen molar-refractivity contribution in [2.45, 2.75) is 36.8 Å². The van der Waals surface area contributed by atoms with Crippen molar-refractivity contribution >= 4 is 10.0 Å². The molecule has 2 aromatic rings. The lowest BCUT2D eigenvalue weighted by atomic mass is 9.99. The Kier molecular flexibility index (Phi) is 4.90. The average Bonchev–Trinajstić information content (AvgIpc) is 3.01. The first-order valence-corrected chi connectivity index (χ1v) is 9.53. The van der Waals surface area contributed by atoms with Crippen LogP contribution < -0.4 is 4.72 Å². The molecule has 1 N–H and O–H groups in total. The van der Waals surface area contributed by atoms with Crippen LogP contribution in [-0.2, 0) is 21.8 Å². The highest BCUT2D eigenvalue weighted by molar-refractivity contribution is 7.89. The molecule has 1 aliphatic rings. The number of hydrogen-bond acceptors (Lipinski definition) is 5. The van der Waals surface area contributed by atoms with Crippen molar-refractivity contribution in [2.24, 2.45) is 7.05 Å². The van der Waals surface area contributed by atoms with Gasteiger partial charge < -0.3 is 4.74 Å². The van der Waals surface area contributed by atoms with Crippen LogP contribution in [0.2, 0.25) is 0 Å². The lowest BCUT2D eigenvalue weighted by Gasteiger charge is -2.31. The molecule has 0 amide bonds. The summed E-state index contributed by atoms with van der Waals surface area (Å²) in [5, 5.41) is 13.5. The molecule has 0 aliphatic carbocycles. The van der Waals surface area contributed by atoms with Gasteiger partial charge in [0.15, 0.2) is 0 Å². The van der Waals surface area contributed by atoms with Crippen LogP contribution in [-0.4, -0.2) is 30.8 Å². The van der Waals surface area contributed by atoms with Crippen molar-refractivity contribution in [3.63, 3.8) is 0 Å². The van der Waals surface area contributed by atoms with E-state index < -0.39 is 22.2 Å². The number of hydrogen-bond donors (Lipinski definition) is 1. The van der Waals surface area contributed by atoms with E-state index in [0.717, 1.165) is 12.0 Å². The molecule has 25 heavy (non-hydrogen) atoms. The highest BCUT2D eigenvalue weighted by atomic mass is 32.2. The number of benzene rings is 1. The molecule has 3 rings (SSSR count). The van der Waals surface area contributed by atoms with E-state index in [2.05, 4.69) is 9.82 Å². The highest BCUT2D eigenvalue weighted by Gasteiger charge is 2.33. The smallest absolute Gasteiger partial charge is 0.242 e. The van der Waals surface area contributed by atoms with Crippen molar-refractivity contribution in [2.75, 3.05) is 6.61 Å². The molecule has 1 aromatic heterocycles. The third kappa shape index (κ3) is 3.58. The Morgan fingerprint density at radius 1 is 1.44 bits per heavy atom. The monoisotopic (exact) mass is 360 g/mol. The Morgan fingerprint density at radius 3 is 2.92 bits per heavy atom. The largest absolute Gasteiger partial charge is 0.372 e. The summed E-state index contributed by atoms with van der Waals surface area (Å²) in [5.74, 6) is 0. The standard InChI is InChI=1S/C17H20N4O3S/c1-12-5-3-7-16(14(12)9-18)25(22,23)20-15-6-4-8-24-17(15)13-10-19-21(2)11-13/h3,5,7,10-11,15,17,20H,4,6,8H2,1-2H3/t15-,17+/m0/s1. The summed E-state index contributed by atoms with van der Waals surface area (Å²) in [4.78, 5) is 0.00510. The maximum absolute atomic E-state index is 12.9. The molecule has 0 bridgehead atoms. The zero-order valence-electron chi connectivity index (χ0n) is 14.1. The third-order valence-corrected chi connectivity index (χ3v) is 5.85. The van der Waals surface area contributed by atoms with Gasteiger partial charge >= 0.3 is 0 Å². The number of nitrogens with one attached hydrogen (secondary N) is 1. The van der Waals surface area contributed by atoms with E-state index in [-0.39, 0.29) is 10.5 Å². The summed E-state index contributed by atoms with van der Waals surface area (Å²) >= 11 is 0. The van der Waals surface area contributed by atoms with E-state index in [4.69, 9.17) is 4.74 Å². The van der Waals surface area contributed by atoms with Gasteiger partial charge in [-0.2, -0.15) is 10.4 Å². The molecule has 2 atom stereocenters. The van der Waals surface area contributed by atoms with Crippen molar-refractivity contribution in [3.8, 4) is 6.07 Å². The first-order chi connectivity index (χ1) is 11.9. The van der Waals surface area contributed by atoms with Crippen LogP contribution in [0.1, 0.15) is 35.6 Å². The summed E-state index contributed by atoms with van der Waals surface area (Å²) in [6, 6.07) is 6.40. The summed E-state index contributed by atoms with van der Waals surface area (Å²) in [7, 11) is -2.04. The maximum atomic E-state index is 12.9. The van der Waals surface area contributed by atoms with E-state index in [1.54, 1.807) is 37.0 Å².